The molecule has 2 nitrogen and oxygen atoms in total. The lowest BCUT2D eigenvalue weighted by atomic mass is 10.1. The van der Waals surface area contributed by atoms with E-state index in [4.69, 9.17) is 23.2 Å². The first-order valence-corrected chi connectivity index (χ1v) is 6.39. The van der Waals surface area contributed by atoms with Crippen LogP contribution in [0.25, 0.3) is 0 Å². The van der Waals surface area contributed by atoms with Gasteiger partial charge in [0.2, 0.25) is 5.91 Å². The zero-order valence-electron chi connectivity index (χ0n) is 10.2. The monoisotopic (exact) mass is 263 g/mol. The summed E-state index contributed by atoms with van der Waals surface area (Å²) in [4.78, 5) is 12.0. The van der Waals surface area contributed by atoms with Crippen molar-refractivity contribution >= 4 is 29.1 Å². The number of hydrogen-bond donors (Lipinski definition) is 1. The van der Waals surface area contributed by atoms with Gasteiger partial charge in [-0.1, -0.05) is 44.0 Å². The van der Waals surface area contributed by atoms with Crippen LogP contribution in [-0.2, 0) is 4.79 Å². The van der Waals surface area contributed by atoms with Gasteiger partial charge in [-0.15, -0.1) is 0 Å². The van der Waals surface area contributed by atoms with E-state index in [1.165, 1.54) is 0 Å². The van der Waals surface area contributed by atoms with Gasteiger partial charge in [0.15, 0.2) is 0 Å². The first-order valence-electron chi connectivity index (χ1n) is 5.63. The number of nitrogens with one attached hydrogen (secondary N) is 1. The van der Waals surface area contributed by atoms with Crippen molar-refractivity contribution in [3.8, 4) is 0 Å². The quantitative estimate of drug-likeness (QED) is 0.827. The summed E-state index contributed by atoms with van der Waals surface area (Å²) < 4.78 is 0.247. The van der Waals surface area contributed by atoms with Crippen LogP contribution in [-0.4, -0.2) is 11.9 Å². The molecule has 0 bridgehead atoms. The Hall–Kier alpha value is -0.210. The largest absolute Gasteiger partial charge is 0.353 e. The highest BCUT2D eigenvalue weighted by molar-refractivity contribution is 6.55. The molecule has 0 heterocycles. The molecule has 0 aliphatic heterocycles. The minimum atomic E-state index is -0.0351. The number of halogens is 2. The predicted molar refractivity (Wildman–Crippen MR) is 68.4 cm³/mol. The van der Waals surface area contributed by atoms with E-state index in [1.54, 1.807) is 6.08 Å². The van der Waals surface area contributed by atoms with Gasteiger partial charge < -0.3 is 5.32 Å². The van der Waals surface area contributed by atoms with Crippen LogP contribution in [0.15, 0.2) is 10.6 Å². The van der Waals surface area contributed by atoms with E-state index < -0.39 is 0 Å². The molecule has 1 amide bonds. The summed E-state index contributed by atoms with van der Waals surface area (Å²) in [5.41, 5.74) is -0.0351. The van der Waals surface area contributed by atoms with E-state index in [0.717, 1.165) is 6.42 Å². The van der Waals surface area contributed by atoms with Crippen LogP contribution >= 0.6 is 23.2 Å². The van der Waals surface area contributed by atoms with Crippen LogP contribution < -0.4 is 5.32 Å². The van der Waals surface area contributed by atoms with Crippen molar-refractivity contribution in [2.45, 2.75) is 40.2 Å². The Morgan fingerprint density at radius 3 is 2.50 bits per heavy atom. The Morgan fingerprint density at radius 2 is 2.06 bits per heavy atom. The maximum Gasteiger partial charge on any atom is 0.224 e. The number of rotatable bonds is 4. The highest BCUT2D eigenvalue weighted by Crippen LogP contribution is 2.59. The molecule has 3 atom stereocenters. The van der Waals surface area contributed by atoms with Crippen LogP contribution in [0.5, 0.6) is 0 Å². The van der Waals surface area contributed by atoms with Crippen LogP contribution in [0.3, 0.4) is 0 Å². The van der Waals surface area contributed by atoms with Crippen molar-refractivity contribution in [2.75, 3.05) is 0 Å². The van der Waals surface area contributed by atoms with Crippen molar-refractivity contribution in [1.82, 2.24) is 5.32 Å². The highest BCUT2D eigenvalue weighted by Gasteiger charge is 2.60. The summed E-state index contributed by atoms with van der Waals surface area (Å²) in [7, 11) is 0. The van der Waals surface area contributed by atoms with Crippen molar-refractivity contribution in [1.29, 1.82) is 0 Å². The van der Waals surface area contributed by atoms with Crippen LogP contribution in [0.1, 0.15) is 34.1 Å². The lowest BCUT2D eigenvalue weighted by Crippen LogP contribution is -2.34. The summed E-state index contributed by atoms with van der Waals surface area (Å²) in [5.74, 6) is 0.255. The van der Waals surface area contributed by atoms with E-state index in [0.29, 0.717) is 0 Å². The molecule has 0 aromatic rings. The number of carbonyl (C=O) groups is 1. The minimum Gasteiger partial charge on any atom is -0.353 e. The fraction of sp³-hybridized carbons (Fsp3) is 0.750. The third kappa shape index (κ3) is 2.92. The van der Waals surface area contributed by atoms with Crippen LogP contribution in [0.4, 0.5) is 0 Å². The average Bonchev–Trinajstić information content (AvgIpc) is 2.66. The fourth-order valence-corrected chi connectivity index (χ4v) is 2.33. The Bertz CT molecular complexity index is 308. The SMILES string of the molecule is CC[C@H](C)NC(=O)[C@@H]1[C@@H](C=C(Cl)Cl)C1(C)C. The van der Waals surface area contributed by atoms with Gasteiger partial charge in [0.25, 0.3) is 0 Å². The zero-order chi connectivity index (χ0) is 12.5. The molecule has 1 N–H and O–H groups in total. The molecular formula is C12H19Cl2NO. The van der Waals surface area contributed by atoms with Crippen LogP contribution in [0, 0.1) is 17.3 Å². The molecule has 0 aromatic heterocycles. The van der Waals surface area contributed by atoms with E-state index in [-0.39, 0.29) is 33.7 Å². The summed E-state index contributed by atoms with van der Waals surface area (Å²) in [5, 5.41) is 3.00. The average molecular weight is 264 g/mol. The molecule has 0 aromatic carbocycles. The molecular weight excluding hydrogens is 245 g/mol. The van der Waals surface area contributed by atoms with Crippen molar-refractivity contribution in [2.24, 2.45) is 17.3 Å². The second-order valence-corrected chi connectivity index (χ2v) is 6.11. The fourth-order valence-electron chi connectivity index (χ4n) is 2.06. The highest BCUT2D eigenvalue weighted by atomic mass is 35.5. The van der Waals surface area contributed by atoms with Gasteiger partial charge in [-0.3, -0.25) is 4.79 Å². The van der Waals surface area contributed by atoms with Gasteiger partial charge in [-0.05, 0) is 30.8 Å². The maximum absolute atomic E-state index is 12.0. The molecule has 1 aliphatic carbocycles. The summed E-state index contributed by atoms with van der Waals surface area (Å²) in [6, 6.07) is 0.222. The minimum absolute atomic E-state index is 0.00556. The van der Waals surface area contributed by atoms with Crippen molar-refractivity contribution in [3.63, 3.8) is 0 Å². The number of hydrogen-bond acceptors (Lipinski definition) is 1. The first kappa shape index (κ1) is 13.9. The zero-order valence-corrected chi connectivity index (χ0v) is 11.7. The van der Waals surface area contributed by atoms with Gasteiger partial charge >= 0.3 is 0 Å². The van der Waals surface area contributed by atoms with Gasteiger partial charge in [0.05, 0.1) is 5.92 Å². The smallest absolute Gasteiger partial charge is 0.224 e. The van der Waals surface area contributed by atoms with Gasteiger partial charge in [0, 0.05) is 6.04 Å². The summed E-state index contributed by atoms with van der Waals surface area (Å²) in [6.07, 6.45) is 2.71. The molecule has 92 valence electrons. The molecule has 16 heavy (non-hydrogen) atoms. The third-order valence-electron chi connectivity index (χ3n) is 3.50. The van der Waals surface area contributed by atoms with E-state index in [2.05, 4.69) is 26.1 Å². The molecule has 0 radical (unpaired) electrons. The summed E-state index contributed by atoms with van der Waals surface area (Å²) in [6.45, 7) is 8.18. The Labute approximate surface area is 107 Å². The number of amides is 1. The van der Waals surface area contributed by atoms with Crippen molar-refractivity contribution in [3.05, 3.63) is 10.6 Å². The lowest BCUT2D eigenvalue weighted by molar-refractivity contribution is -0.123. The van der Waals surface area contributed by atoms with Crippen LogP contribution in [0.2, 0.25) is 0 Å². The van der Waals surface area contributed by atoms with E-state index in [1.807, 2.05) is 6.92 Å². The van der Waals surface area contributed by atoms with Crippen molar-refractivity contribution < 1.29 is 4.79 Å². The lowest BCUT2D eigenvalue weighted by Gasteiger charge is -2.11. The van der Waals surface area contributed by atoms with Gasteiger partial charge in [-0.2, -0.15) is 0 Å². The number of allylic oxidation sites excluding steroid dienone is 1. The third-order valence-corrected chi connectivity index (χ3v) is 3.75. The standard InChI is InChI=1S/C12H19Cl2NO/c1-5-7(2)15-11(16)10-8(6-9(13)14)12(10,3)4/h6-8,10H,5H2,1-4H3,(H,15,16)/t7-,8+,10-/m0/s1. The predicted octanol–water partition coefficient (Wildman–Crippen LogP) is 3.49. The normalized spacial score (nSPS) is 28.1. The Morgan fingerprint density at radius 1 is 1.50 bits per heavy atom. The molecule has 1 fully saturated rings. The second-order valence-electron chi connectivity index (χ2n) is 5.10. The molecule has 1 rings (SSSR count). The molecule has 1 saturated carbocycles. The first-order chi connectivity index (χ1) is 7.30. The topological polar surface area (TPSA) is 29.1 Å². The number of carbonyl (C=O) groups excluding carboxylic acids is 1. The van der Waals surface area contributed by atoms with Gasteiger partial charge in [0.1, 0.15) is 4.49 Å². The maximum atomic E-state index is 12.0. The van der Waals surface area contributed by atoms with E-state index in [9.17, 15) is 4.79 Å². The molecule has 0 spiro atoms. The molecule has 4 heteroatoms. The molecule has 0 unspecified atom stereocenters. The van der Waals surface area contributed by atoms with E-state index >= 15 is 0 Å². The Kier molecular flexibility index (Phi) is 4.30. The summed E-state index contributed by atoms with van der Waals surface area (Å²) >= 11 is 11.3. The molecule has 0 saturated heterocycles. The second kappa shape index (κ2) is 4.97. The molecule has 1 aliphatic rings. The Balaban J connectivity index is 2.63. The van der Waals surface area contributed by atoms with Gasteiger partial charge in [-0.25, -0.2) is 0 Å².